The standard InChI is InChI=1S/C50H35N/c1-2-10-36(11-3-1)38-20-22-39(23-21-38)40-26-30-46(31-27-40)51(47-32-28-41(29-33-47)44-25-24-37-12-4-5-14-43(37)34-44)48-17-8-16-45(35-48)50-19-9-15-42-13-6-7-18-49(42)50/h1-35H/i8D,16D,17D,26D,27D,30D,31D,35D. The zero-order valence-electron chi connectivity index (χ0n) is 35.5. The Kier molecular flexibility index (Phi) is 5.96. The van der Waals surface area contributed by atoms with Crippen LogP contribution < -0.4 is 4.90 Å². The molecule has 1 nitrogen and oxygen atoms in total. The number of hydrogen-bond acceptors (Lipinski definition) is 1. The van der Waals surface area contributed by atoms with Crippen LogP contribution in [0.15, 0.2) is 212 Å². The van der Waals surface area contributed by atoms with Crippen molar-refractivity contribution in [1.82, 2.24) is 0 Å². The molecule has 0 aliphatic carbocycles. The molecule has 0 saturated heterocycles. The third-order valence-corrected chi connectivity index (χ3v) is 9.22. The van der Waals surface area contributed by atoms with E-state index in [1.807, 2.05) is 115 Å². The van der Waals surface area contributed by atoms with Crippen molar-refractivity contribution in [3.8, 4) is 44.5 Å². The Morgan fingerprint density at radius 1 is 0.333 bits per heavy atom. The number of nitrogens with zero attached hydrogens (tertiary/aromatic N) is 1. The number of anilines is 3. The van der Waals surface area contributed by atoms with E-state index >= 15 is 0 Å². The van der Waals surface area contributed by atoms with E-state index in [1.165, 1.54) is 4.90 Å². The average molecular weight is 658 g/mol. The fraction of sp³-hybridized carbons (Fsp3) is 0. The van der Waals surface area contributed by atoms with Crippen molar-refractivity contribution in [2.24, 2.45) is 0 Å². The summed E-state index contributed by atoms with van der Waals surface area (Å²) in [5, 5.41) is 3.82. The highest BCUT2D eigenvalue weighted by Crippen LogP contribution is 2.39. The Labute approximate surface area is 310 Å². The molecule has 0 aromatic heterocycles. The first kappa shape index (κ1) is 22.8. The summed E-state index contributed by atoms with van der Waals surface area (Å²) in [6.45, 7) is 0. The molecule has 9 aromatic carbocycles. The van der Waals surface area contributed by atoms with Gasteiger partial charge < -0.3 is 4.90 Å². The summed E-state index contributed by atoms with van der Waals surface area (Å²) in [6, 6.07) is 49.1. The molecule has 0 bridgehead atoms. The van der Waals surface area contributed by atoms with E-state index in [-0.39, 0.29) is 58.8 Å². The first-order valence-electron chi connectivity index (χ1n) is 20.9. The van der Waals surface area contributed by atoms with Gasteiger partial charge in [-0.05, 0) is 108 Å². The molecule has 1 heteroatoms. The van der Waals surface area contributed by atoms with Gasteiger partial charge in [0.05, 0.1) is 11.0 Å². The first-order valence-corrected chi connectivity index (χ1v) is 16.9. The Morgan fingerprint density at radius 2 is 0.922 bits per heavy atom. The van der Waals surface area contributed by atoms with Gasteiger partial charge in [-0.25, -0.2) is 0 Å². The van der Waals surface area contributed by atoms with Crippen molar-refractivity contribution in [1.29, 1.82) is 0 Å². The topological polar surface area (TPSA) is 3.24 Å². The molecule has 9 aromatic rings. The summed E-state index contributed by atoms with van der Waals surface area (Å²) in [7, 11) is 0. The molecule has 0 aliphatic rings. The maximum atomic E-state index is 9.76. The first-order chi connectivity index (χ1) is 28.6. The van der Waals surface area contributed by atoms with Gasteiger partial charge in [-0.15, -0.1) is 0 Å². The van der Waals surface area contributed by atoms with E-state index in [9.17, 15) is 8.22 Å². The lowest BCUT2D eigenvalue weighted by molar-refractivity contribution is 1.28. The van der Waals surface area contributed by atoms with Crippen LogP contribution >= 0.6 is 0 Å². The zero-order chi connectivity index (χ0) is 40.9. The fourth-order valence-electron chi connectivity index (χ4n) is 6.59. The Hall–Kier alpha value is -6.70. The second kappa shape index (κ2) is 13.3. The van der Waals surface area contributed by atoms with Crippen LogP contribution in [0.3, 0.4) is 0 Å². The van der Waals surface area contributed by atoms with Crippen molar-refractivity contribution in [2.45, 2.75) is 0 Å². The number of fused-ring (bicyclic) bond motifs is 2. The van der Waals surface area contributed by atoms with Gasteiger partial charge in [-0.2, -0.15) is 0 Å². The summed E-state index contributed by atoms with van der Waals surface area (Å²) < 4.78 is 74.9. The van der Waals surface area contributed by atoms with Gasteiger partial charge in [0.15, 0.2) is 0 Å². The van der Waals surface area contributed by atoms with Crippen LogP contribution in [-0.4, -0.2) is 0 Å². The lowest BCUT2D eigenvalue weighted by Crippen LogP contribution is -2.10. The molecule has 51 heavy (non-hydrogen) atoms. The van der Waals surface area contributed by atoms with Crippen LogP contribution in [0.1, 0.15) is 11.0 Å². The van der Waals surface area contributed by atoms with Gasteiger partial charge in [0.2, 0.25) is 0 Å². The molecule has 0 amide bonds. The van der Waals surface area contributed by atoms with Gasteiger partial charge in [-0.1, -0.05) is 170 Å². The summed E-state index contributed by atoms with van der Waals surface area (Å²) in [5.41, 5.74) is 5.12. The molecule has 240 valence electrons. The predicted octanol–water partition coefficient (Wildman–Crippen LogP) is 14.1. The van der Waals surface area contributed by atoms with Crippen LogP contribution in [-0.2, 0) is 0 Å². The van der Waals surface area contributed by atoms with Gasteiger partial charge in [0.1, 0.15) is 0 Å². The summed E-state index contributed by atoms with van der Waals surface area (Å²) in [5.74, 6) is 0. The third-order valence-electron chi connectivity index (χ3n) is 9.22. The van der Waals surface area contributed by atoms with Crippen LogP contribution in [0, 0.1) is 0 Å². The quantitative estimate of drug-likeness (QED) is 0.165. The van der Waals surface area contributed by atoms with Gasteiger partial charge >= 0.3 is 0 Å². The lowest BCUT2D eigenvalue weighted by Gasteiger charge is -2.26. The van der Waals surface area contributed by atoms with Gasteiger partial charge in [-0.3, -0.25) is 0 Å². The molecule has 0 atom stereocenters. The van der Waals surface area contributed by atoms with E-state index < -0.39 is 12.1 Å². The molecule has 0 heterocycles. The largest absolute Gasteiger partial charge is 0.310 e. The number of hydrogen-bond donors (Lipinski definition) is 0. The SMILES string of the molecule is [2H]c1c([2H])c(-c2cccc3ccccc23)c([2H])c(N(c2ccc(-c3ccc4ccccc4c3)cc2)c2c([2H])c([2H])c(-c3ccc(-c4ccccc4)cc3)c([2H])c2[2H])c1[2H]. The lowest BCUT2D eigenvalue weighted by atomic mass is 9.97. The number of benzene rings is 9. The average Bonchev–Trinajstić information content (AvgIpc) is 3.28. The highest BCUT2D eigenvalue weighted by molar-refractivity contribution is 5.97. The van der Waals surface area contributed by atoms with Crippen molar-refractivity contribution < 1.29 is 11.0 Å². The molecule has 0 aliphatic heterocycles. The fourth-order valence-corrected chi connectivity index (χ4v) is 6.59. The smallest absolute Gasteiger partial charge is 0.0651 e. The zero-order valence-corrected chi connectivity index (χ0v) is 27.5. The molecule has 0 unspecified atom stereocenters. The minimum Gasteiger partial charge on any atom is -0.310 e. The third kappa shape index (κ3) is 6.07. The minimum absolute atomic E-state index is 0.117. The maximum Gasteiger partial charge on any atom is 0.0651 e. The van der Waals surface area contributed by atoms with Gasteiger partial charge in [0, 0.05) is 17.1 Å². The van der Waals surface area contributed by atoms with Crippen LogP contribution in [0.2, 0.25) is 0 Å². The summed E-state index contributed by atoms with van der Waals surface area (Å²) >= 11 is 0. The summed E-state index contributed by atoms with van der Waals surface area (Å²) in [6.07, 6.45) is 0. The number of rotatable bonds is 7. The molecule has 0 fully saturated rings. The normalized spacial score (nSPS) is 13.3. The maximum absolute atomic E-state index is 9.76. The van der Waals surface area contributed by atoms with Crippen molar-refractivity contribution in [3.63, 3.8) is 0 Å². The van der Waals surface area contributed by atoms with Crippen molar-refractivity contribution in [2.75, 3.05) is 4.90 Å². The predicted molar refractivity (Wildman–Crippen MR) is 218 cm³/mol. The highest BCUT2D eigenvalue weighted by Gasteiger charge is 2.15. The van der Waals surface area contributed by atoms with Crippen molar-refractivity contribution in [3.05, 3.63) is 212 Å². The van der Waals surface area contributed by atoms with Crippen LogP contribution in [0.5, 0.6) is 0 Å². The molecule has 0 radical (unpaired) electrons. The van der Waals surface area contributed by atoms with E-state index in [1.54, 1.807) is 30.3 Å². The Morgan fingerprint density at radius 3 is 1.71 bits per heavy atom. The molecule has 9 rings (SSSR count). The molecular formula is C50H35N. The highest BCUT2D eigenvalue weighted by atomic mass is 15.1. The summed E-state index contributed by atoms with van der Waals surface area (Å²) in [4.78, 5) is 1.39. The molecule has 0 saturated carbocycles. The van der Waals surface area contributed by atoms with E-state index in [0.29, 0.717) is 16.8 Å². The van der Waals surface area contributed by atoms with E-state index in [2.05, 4.69) is 18.2 Å². The van der Waals surface area contributed by atoms with Crippen LogP contribution in [0.4, 0.5) is 17.1 Å². The Bertz CT molecular complexity index is 3040. The van der Waals surface area contributed by atoms with Crippen molar-refractivity contribution >= 4 is 38.6 Å². The molecular weight excluding hydrogens is 615 g/mol. The van der Waals surface area contributed by atoms with E-state index in [0.717, 1.165) is 43.8 Å². The minimum atomic E-state index is -0.444. The monoisotopic (exact) mass is 657 g/mol. The second-order valence-electron chi connectivity index (χ2n) is 12.4. The molecule has 0 spiro atoms. The molecule has 0 N–H and O–H groups in total. The Balaban J connectivity index is 1.26. The second-order valence-corrected chi connectivity index (χ2v) is 12.4. The van der Waals surface area contributed by atoms with Gasteiger partial charge in [0.25, 0.3) is 0 Å². The van der Waals surface area contributed by atoms with E-state index in [4.69, 9.17) is 2.74 Å². The van der Waals surface area contributed by atoms with Crippen LogP contribution in [0.25, 0.3) is 66.1 Å².